The minimum atomic E-state index is -0.452. The van der Waals surface area contributed by atoms with Crippen molar-refractivity contribution in [1.29, 1.82) is 0 Å². The Kier molecular flexibility index (Phi) is 3.69. The molecular formula is C15H22N2O2. The molecule has 1 amide bonds. The van der Waals surface area contributed by atoms with Crippen molar-refractivity contribution in [2.75, 3.05) is 18.4 Å². The molecule has 1 N–H and O–H groups in total. The topological polar surface area (TPSA) is 41.6 Å². The smallest absolute Gasteiger partial charge is 0.410 e. The lowest BCUT2D eigenvalue weighted by molar-refractivity contribution is 0.0245. The van der Waals surface area contributed by atoms with Crippen LogP contribution in [0.15, 0.2) is 18.2 Å². The molecule has 0 unspecified atom stereocenters. The Morgan fingerprint density at radius 2 is 2.11 bits per heavy atom. The molecule has 1 aliphatic heterocycles. The van der Waals surface area contributed by atoms with Gasteiger partial charge >= 0.3 is 6.09 Å². The summed E-state index contributed by atoms with van der Waals surface area (Å²) >= 11 is 0. The van der Waals surface area contributed by atoms with Crippen LogP contribution in [0.4, 0.5) is 10.5 Å². The molecule has 0 aromatic heterocycles. The van der Waals surface area contributed by atoms with E-state index in [1.165, 1.54) is 5.56 Å². The van der Waals surface area contributed by atoms with Crippen LogP contribution >= 0.6 is 0 Å². The third-order valence-electron chi connectivity index (χ3n) is 2.97. The van der Waals surface area contributed by atoms with E-state index in [2.05, 4.69) is 30.4 Å². The van der Waals surface area contributed by atoms with Gasteiger partial charge in [0.1, 0.15) is 5.60 Å². The molecule has 0 saturated heterocycles. The van der Waals surface area contributed by atoms with E-state index in [1.54, 1.807) is 4.90 Å². The first kappa shape index (κ1) is 13.7. The molecule has 4 nitrogen and oxygen atoms in total. The number of fused-ring (bicyclic) bond motifs is 1. The Morgan fingerprint density at radius 1 is 1.37 bits per heavy atom. The van der Waals surface area contributed by atoms with Crippen LogP contribution in [0.2, 0.25) is 0 Å². The van der Waals surface area contributed by atoms with Gasteiger partial charge in [0, 0.05) is 18.8 Å². The Bertz CT molecular complexity index is 478. The maximum absolute atomic E-state index is 12.1. The molecule has 1 aromatic rings. The Morgan fingerprint density at radius 3 is 2.79 bits per heavy atom. The number of ether oxygens (including phenoxy) is 1. The summed E-state index contributed by atoms with van der Waals surface area (Å²) in [5.41, 5.74) is 3.00. The number of hydrogen-bond acceptors (Lipinski definition) is 3. The van der Waals surface area contributed by atoms with Gasteiger partial charge in [-0.05, 0) is 39.3 Å². The number of aryl methyl sites for hydroxylation is 1. The normalized spacial score (nSPS) is 15.3. The second-order valence-corrected chi connectivity index (χ2v) is 5.99. The predicted octanol–water partition coefficient (Wildman–Crippen LogP) is 3.16. The zero-order chi connectivity index (χ0) is 14.0. The fourth-order valence-corrected chi connectivity index (χ4v) is 2.12. The highest BCUT2D eigenvalue weighted by Gasteiger charge is 2.24. The van der Waals surface area contributed by atoms with Crippen molar-refractivity contribution in [2.45, 2.75) is 39.8 Å². The van der Waals surface area contributed by atoms with E-state index in [0.29, 0.717) is 13.1 Å². The van der Waals surface area contributed by atoms with Crippen molar-refractivity contribution in [1.82, 2.24) is 4.90 Å². The average molecular weight is 262 g/mol. The molecule has 0 bridgehead atoms. The van der Waals surface area contributed by atoms with Crippen LogP contribution in [-0.2, 0) is 11.3 Å². The second kappa shape index (κ2) is 5.11. The van der Waals surface area contributed by atoms with E-state index in [0.717, 1.165) is 17.8 Å². The summed E-state index contributed by atoms with van der Waals surface area (Å²) in [7, 11) is 0. The quantitative estimate of drug-likeness (QED) is 0.781. The molecule has 0 fully saturated rings. The van der Waals surface area contributed by atoms with E-state index in [4.69, 9.17) is 4.74 Å². The predicted molar refractivity (Wildman–Crippen MR) is 76.3 cm³/mol. The minimum absolute atomic E-state index is 0.247. The van der Waals surface area contributed by atoms with Gasteiger partial charge in [0.25, 0.3) is 0 Å². The lowest BCUT2D eigenvalue weighted by Gasteiger charge is -2.26. The largest absolute Gasteiger partial charge is 0.444 e. The van der Waals surface area contributed by atoms with Crippen LogP contribution in [-0.4, -0.2) is 29.7 Å². The van der Waals surface area contributed by atoms with Gasteiger partial charge in [0.15, 0.2) is 0 Å². The summed E-state index contributed by atoms with van der Waals surface area (Å²) in [6, 6.07) is 6.27. The standard InChI is InChI=1S/C15H22N2O2/c1-11-5-6-13-12(9-11)10-17(8-7-16-13)14(18)19-15(2,3)4/h5-6,9,16H,7-8,10H2,1-4H3. The number of nitrogens with one attached hydrogen (secondary N) is 1. The molecule has 19 heavy (non-hydrogen) atoms. The van der Waals surface area contributed by atoms with Crippen LogP contribution in [0.25, 0.3) is 0 Å². The van der Waals surface area contributed by atoms with Crippen molar-refractivity contribution in [2.24, 2.45) is 0 Å². The highest BCUT2D eigenvalue weighted by atomic mass is 16.6. The van der Waals surface area contributed by atoms with E-state index in [-0.39, 0.29) is 6.09 Å². The van der Waals surface area contributed by atoms with E-state index < -0.39 is 5.60 Å². The zero-order valence-electron chi connectivity index (χ0n) is 12.1. The summed E-state index contributed by atoms with van der Waals surface area (Å²) in [6.45, 7) is 9.72. The molecule has 0 aliphatic carbocycles. The van der Waals surface area contributed by atoms with Crippen LogP contribution in [0.5, 0.6) is 0 Å². The molecule has 1 aliphatic rings. The number of amides is 1. The van der Waals surface area contributed by atoms with Crippen LogP contribution in [0.3, 0.4) is 0 Å². The third-order valence-corrected chi connectivity index (χ3v) is 2.97. The first-order valence-electron chi connectivity index (χ1n) is 6.66. The maximum Gasteiger partial charge on any atom is 0.410 e. The minimum Gasteiger partial charge on any atom is -0.444 e. The lowest BCUT2D eigenvalue weighted by Crippen LogP contribution is -2.37. The van der Waals surface area contributed by atoms with Crippen LogP contribution in [0.1, 0.15) is 31.9 Å². The van der Waals surface area contributed by atoms with Gasteiger partial charge in [-0.25, -0.2) is 4.79 Å². The van der Waals surface area contributed by atoms with Gasteiger partial charge in [-0.1, -0.05) is 17.7 Å². The molecule has 1 aromatic carbocycles. The van der Waals surface area contributed by atoms with Gasteiger partial charge < -0.3 is 15.0 Å². The Labute approximate surface area is 114 Å². The van der Waals surface area contributed by atoms with Gasteiger partial charge in [0.2, 0.25) is 0 Å². The monoisotopic (exact) mass is 262 g/mol. The van der Waals surface area contributed by atoms with E-state index in [9.17, 15) is 4.79 Å². The number of anilines is 1. The zero-order valence-corrected chi connectivity index (χ0v) is 12.1. The van der Waals surface area contributed by atoms with E-state index in [1.807, 2.05) is 20.8 Å². The van der Waals surface area contributed by atoms with Crippen molar-refractivity contribution in [3.05, 3.63) is 29.3 Å². The van der Waals surface area contributed by atoms with E-state index >= 15 is 0 Å². The molecule has 0 saturated carbocycles. The molecule has 2 rings (SSSR count). The number of rotatable bonds is 0. The fourth-order valence-electron chi connectivity index (χ4n) is 2.12. The average Bonchev–Trinajstić information content (AvgIpc) is 2.48. The number of benzene rings is 1. The van der Waals surface area contributed by atoms with Crippen LogP contribution in [0, 0.1) is 6.92 Å². The molecule has 0 atom stereocenters. The van der Waals surface area contributed by atoms with Gasteiger partial charge in [-0.3, -0.25) is 0 Å². The lowest BCUT2D eigenvalue weighted by atomic mass is 10.1. The van der Waals surface area contributed by atoms with Crippen molar-refractivity contribution in [3.63, 3.8) is 0 Å². The SMILES string of the molecule is Cc1ccc2c(c1)CN(C(=O)OC(C)(C)C)CCN2. The van der Waals surface area contributed by atoms with Gasteiger partial charge in [-0.15, -0.1) is 0 Å². The molecular weight excluding hydrogens is 240 g/mol. The number of nitrogens with zero attached hydrogens (tertiary/aromatic N) is 1. The highest BCUT2D eigenvalue weighted by Crippen LogP contribution is 2.22. The van der Waals surface area contributed by atoms with Crippen molar-refractivity contribution in [3.8, 4) is 0 Å². The number of hydrogen-bond donors (Lipinski definition) is 1. The van der Waals surface area contributed by atoms with Gasteiger partial charge in [-0.2, -0.15) is 0 Å². The summed E-state index contributed by atoms with van der Waals surface area (Å²) < 4.78 is 5.44. The summed E-state index contributed by atoms with van der Waals surface area (Å²) in [6.07, 6.45) is -0.247. The third kappa shape index (κ3) is 3.63. The second-order valence-electron chi connectivity index (χ2n) is 5.99. The van der Waals surface area contributed by atoms with Crippen molar-refractivity contribution >= 4 is 11.8 Å². The Hall–Kier alpha value is -1.71. The first-order chi connectivity index (χ1) is 8.85. The van der Waals surface area contributed by atoms with Crippen LogP contribution < -0.4 is 5.32 Å². The molecule has 1 heterocycles. The molecule has 4 heteroatoms. The first-order valence-corrected chi connectivity index (χ1v) is 6.66. The van der Waals surface area contributed by atoms with Gasteiger partial charge in [0.05, 0.1) is 6.54 Å². The van der Waals surface area contributed by atoms with Crippen molar-refractivity contribution < 1.29 is 9.53 Å². The Balaban J connectivity index is 2.15. The number of carbonyl (C=O) groups excluding carboxylic acids is 1. The molecule has 0 spiro atoms. The summed E-state index contributed by atoms with van der Waals surface area (Å²) in [5.74, 6) is 0. The molecule has 104 valence electrons. The summed E-state index contributed by atoms with van der Waals surface area (Å²) in [4.78, 5) is 13.9. The maximum atomic E-state index is 12.1. The highest BCUT2D eigenvalue weighted by molar-refractivity contribution is 5.69. The number of carbonyl (C=O) groups is 1. The summed E-state index contributed by atoms with van der Waals surface area (Å²) in [5, 5.41) is 3.35. The fraction of sp³-hybridized carbons (Fsp3) is 0.533. The molecule has 0 radical (unpaired) electrons.